The van der Waals surface area contributed by atoms with Gasteiger partial charge < -0.3 is 5.11 Å². The van der Waals surface area contributed by atoms with Gasteiger partial charge in [0.2, 0.25) is 0 Å². The van der Waals surface area contributed by atoms with Gasteiger partial charge in [-0.25, -0.2) is 5.43 Å². The SMILES string of the molecule is O=C(NN=Cc1ccc(C#CCc2ccccc2)cc1)c1ccc(O)c(Cl)c1. The van der Waals surface area contributed by atoms with Gasteiger partial charge in [-0.1, -0.05) is 65.9 Å². The second kappa shape index (κ2) is 9.40. The first-order valence-corrected chi connectivity index (χ1v) is 8.94. The van der Waals surface area contributed by atoms with Gasteiger partial charge in [-0.2, -0.15) is 5.10 Å². The van der Waals surface area contributed by atoms with Crippen molar-refractivity contribution in [1.82, 2.24) is 5.43 Å². The zero-order valence-electron chi connectivity index (χ0n) is 14.9. The number of nitrogens with one attached hydrogen (secondary N) is 1. The molecule has 5 heteroatoms. The van der Waals surface area contributed by atoms with E-state index in [0.29, 0.717) is 12.0 Å². The van der Waals surface area contributed by atoms with E-state index in [1.807, 2.05) is 42.5 Å². The molecule has 3 aromatic carbocycles. The molecular weight excluding hydrogens is 372 g/mol. The molecule has 3 rings (SSSR count). The van der Waals surface area contributed by atoms with Crippen LogP contribution >= 0.6 is 11.6 Å². The van der Waals surface area contributed by atoms with Gasteiger partial charge in [0, 0.05) is 17.5 Å². The lowest BCUT2D eigenvalue weighted by Crippen LogP contribution is -2.17. The average molecular weight is 389 g/mol. The minimum atomic E-state index is -0.415. The van der Waals surface area contributed by atoms with Crippen molar-refractivity contribution >= 4 is 23.7 Å². The van der Waals surface area contributed by atoms with E-state index in [1.54, 1.807) is 6.21 Å². The molecule has 0 atom stereocenters. The fourth-order valence-corrected chi connectivity index (χ4v) is 2.56. The van der Waals surface area contributed by atoms with Gasteiger partial charge in [0.15, 0.2) is 0 Å². The highest BCUT2D eigenvalue weighted by atomic mass is 35.5. The number of nitrogens with zero attached hydrogens (tertiary/aromatic N) is 1. The van der Waals surface area contributed by atoms with E-state index >= 15 is 0 Å². The second-order valence-corrected chi connectivity index (χ2v) is 6.36. The molecule has 0 radical (unpaired) electrons. The Bertz CT molecular complexity index is 1050. The first-order valence-electron chi connectivity index (χ1n) is 8.56. The maximum atomic E-state index is 12.0. The third kappa shape index (κ3) is 5.47. The highest BCUT2D eigenvalue weighted by Gasteiger charge is 2.07. The summed E-state index contributed by atoms with van der Waals surface area (Å²) in [5.41, 5.74) is 5.66. The van der Waals surface area contributed by atoms with Crippen LogP contribution in [0.4, 0.5) is 0 Å². The standard InChI is InChI=1S/C23H17ClN2O2/c24-21-15-20(13-14-22(21)27)23(28)26-25-16-19-11-9-18(10-12-19)8-4-7-17-5-2-1-3-6-17/h1-3,5-6,9-16,27H,7H2,(H,26,28). The van der Waals surface area contributed by atoms with Crippen molar-refractivity contribution in [3.8, 4) is 17.6 Å². The number of carbonyl (C=O) groups excluding carboxylic acids is 1. The van der Waals surface area contributed by atoms with Crippen molar-refractivity contribution in [2.75, 3.05) is 0 Å². The zero-order chi connectivity index (χ0) is 19.8. The van der Waals surface area contributed by atoms with Gasteiger partial charge in [0.25, 0.3) is 5.91 Å². The Hall–Kier alpha value is -3.55. The quantitative estimate of drug-likeness (QED) is 0.395. The molecule has 0 bridgehead atoms. The number of halogens is 1. The van der Waals surface area contributed by atoms with Crippen LogP contribution in [0.1, 0.15) is 27.0 Å². The number of hydrogen-bond acceptors (Lipinski definition) is 3. The smallest absolute Gasteiger partial charge is 0.271 e. The third-order valence-electron chi connectivity index (χ3n) is 3.87. The molecule has 3 aromatic rings. The fraction of sp³-hybridized carbons (Fsp3) is 0.0435. The van der Waals surface area contributed by atoms with Crippen molar-refractivity contribution in [1.29, 1.82) is 0 Å². The highest BCUT2D eigenvalue weighted by Crippen LogP contribution is 2.23. The van der Waals surface area contributed by atoms with Crippen LogP contribution in [0.25, 0.3) is 0 Å². The Morgan fingerprint density at radius 2 is 1.82 bits per heavy atom. The Kier molecular flexibility index (Phi) is 6.46. The summed E-state index contributed by atoms with van der Waals surface area (Å²) in [4.78, 5) is 12.0. The van der Waals surface area contributed by atoms with E-state index < -0.39 is 5.91 Å². The number of carbonyl (C=O) groups is 1. The summed E-state index contributed by atoms with van der Waals surface area (Å²) in [7, 11) is 0. The summed E-state index contributed by atoms with van der Waals surface area (Å²) in [6, 6.07) is 21.8. The number of aromatic hydroxyl groups is 1. The van der Waals surface area contributed by atoms with Crippen molar-refractivity contribution < 1.29 is 9.90 Å². The molecule has 0 aliphatic heterocycles. The molecule has 0 unspecified atom stereocenters. The Balaban J connectivity index is 1.55. The molecule has 2 N–H and O–H groups in total. The number of phenols is 1. The number of phenolic OH excluding ortho intramolecular Hbond substituents is 1. The third-order valence-corrected chi connectivity index (χ3v) is 4.17. The Morgan fingerprint density at radius 3 is 2.54 bits per heavy atom. The lowest BCUT2D eigenvalue weighted by Gasteiger charge is -2.02. The number of hydrazone groups is 1. The van der Waals surface area contributed by atoms with Crippen molar-refractivity contribution in [3.63, 3.8) is 0 Å². The molecule has 4 nitrogen and oxygen atoms in total. The number of amides is 1. The van der Waals surface area contributed by atoms with E-state index in [9.17, 15) is 9.90 Å². The molecule has 0 aliphatic carbocycles. The molecule has 28 heavy (non-hydrogen) atoms. The first-order chi connectivity index (χ1) is 13.6. The van der Waals surface area contributed by atoms with Crippen LogP contribution in [0.2, 0.25) is 5.02 Å². The van der Waals surface area contributed by atoms with Crippen LogP contribution in [0, 0.1) is 11.8 Å². The minimum absolute atomic E-state index is 0.0753. The van der Waals surface area contributed by atoms with Gasteiger partial charge >= 0.3 is 0 Å². The largest absolute Gasteiger partial charge is 0.506 e. The van der Waals surface area contributed by atoms with Crippen LogP contribution in [0.3, 0.4) is 0 Å². The maximum absolute atomic E-state index is 12.0. The number of hydrogen-bond donors (Lipinski definition) is 2. The maximum Gasteiger partial charge on any atom is 0.271 e. The van der Waals surface area contributed by atoms with Crippen molar-refractivity contribution in [3.05, 3.63) is 100 Å². The van der Waals surface area contributed by atoms with Gasteiger partial charge in [-0.3, -0.25) is 4.79 Å². The zero-order valence-corrected chi connectivity index (χ0v) is 15.6. The highest BCUT2D eigenvalue weighted by molar-refractivity contribution is 6.32. The van der Waals surface area contributed by atoms with Crippen LogP contribution in [0.5, 0.6) is 5.75 Å². The number of rotatable bonds is 4. The van der Waals surface area contributed by atoms with E-state index in [0.717, 1.165) is 11.1 Å². The van der Waals surface area contributed by atoms with E-state index in [2.05, 4.69) is 34.5 Å². The molecule has 0 aromatic heterocycles. The van der Waals surface area contributed by atoms with E-state index in [4.69, 9.17) is 11.6 Å². The molecule has 0 spiro atoms. The second-order valence-electron chi connectivity index (χ2n) is 5.95. The minimum Gasteiger partial charge on any atom is -0.506 e. The summed E-state index contributed by atoms with van der Waals surface area (Å²) < 4.78 is 0. The summed E-state index contributed by atoms with van der Waals surface area (Å²) in [5.74, 6) is 5.79. The first kappa shape index (κ1) is 19.2. The van der Waals surface area contributed by atoms with Crippen LogP contribution in [0.15, 0.2) is 77.9 Å². The molecule has 0 saturated heterocycles. The predicted octanol–water partition coefficient (Wildman–Crippen LogP) is 4.40. The van der Waals surface area contributed by atoms with Crippen molar-refractivity contribution in [2.45, 2.75) is 6.42 Å². The average Bonchev–Trinajstić information content (AvgIpc) is 2.72. The molecule has 1 amide bonds. The van der Waals surface area contributed by atoms with Gasteiger partial charge in [0.05, 0.1) is 11.2 Å². The van der Waals surface area contributed by atoms with Crippen LogP contribution in [-0.4, -0.2) is 17.2 Å². The van der Waals surface area contributed by atoms with Crippen LogP contribution < -0.4 is 5.43 Å². The van der Waals surface area contributed by atoms with Gasteiger partial charge in [-0.05, 0) is 41.5 Å². The number of benzene rings is 3. The molecule has 0 fully saturated rings. The normalized spacial score (nSPS) is 10.3. The lowest BCUT2D eigenvalue weighted by molar-refractivity contribution is 0.0955. The van der Waals surface area contributed by atoms with Crippen LogP contribution in [-0.2, 0) is 6.42 Å². The topological polar surface area (TPSA) is 61.7 Å². The van der Waals surface area contributed by atoms with E-state index in [1.165, 1.54) is 23.8 Å². The predicted molar refractivity (Wildman–Crippen MR) is 112 cm³/mol. The molecule has 0 aliphatic rings. The fourth-order valence-electron chi connectivity index (χ4n) is 2.37. The Morgan fingerprint density at radius 1 is 1.07 bits per heavy atom. The van der Waals surface area contributed by atoms with E-state index in [-0.39, 0.29) is 10.8 Å². The molecular formula is C23H17ClN2O2. The molecule has 0 saturated carbocycles. The lowest BCUT2D eigenvalue weighted by atomic mass is 10.1. The van der Waals surface area contributed by atoms with Gasteiger partial charge in [-0.15, -0.1) is 0 Å². The summed E-state index contributed by atoms with van der Waals surface area (Å²) >= 11 is 5.79. The molecule has 0 heterocycles. The monoisotopic (exact) mass is 388 g/mol. The van der Waals surface area contributed by atoms with Gasteiger partial charge in [0.1, 0.15) is 5.75 Å². The summed E-state index contributed by atoms with van der Waals surface area (Å²) in [5, 5.41) is 13.4. The summed E-state index contributed by atoms with van der Waals surface area (Å²) in [6.45, 7) is 0. The Labute approximate surface area is 168 Å². The summed E-state index contributed by atoms with van der Waals surface area (Å²) in [6.07, 6.45) is 2.25. The van der Waals surface area contributed by atoms with Crippen molar-refractivity contribution in [2.24, 2.45) is 5.10 Å². The molecule has 138 valence electrons.